The average Bonchev–Trinajstić information content (AvgIpc) is 3.24. The summed E-state index contributed by atoms with van der Waals surface area (Å²) in [6.07, 6.45) is 7.42. The highest BCUT2D eigenvalue weighted by atomic mass is 16.5. The quantitative estimate of drug-likeness (QED) is 0.505. The van der Waals surface area contributed by atoms with Crippen molar-refractivity contribution in [2.75, 3.05) is 20.2 Å². The summed E-state index contributed by atoms with van der Waals surface area (Å²) in [5, 5.41) is 0. The van der Waals surface area contributed by atoms with Crippen molar-refractivity contribution in [3.05, 3.63) is 29.8 Å². The van der Waals surface area contributed by atoms with E-state index in [0.717, 1.165) is 63.7 Å². The molecule has 0 aromatic heterocycles. The number of methoxy groups -OCH3 is 1. The Morgan fingerprint density at radius 1 is 1.19 bits per heavy atom. The Balaban J connectivity index is 1.31. The van der Waals surface area contributed by atoms with Crippen LogP contribution < -0.4 is 10.5 Å². The van der Waals surface area contributed by atoms with Crippen LogP contribution in [0.1, 0.15) is 50.5 Å². The van der Waals surface area contributed by atoms with Gasteiger partial charge in [-0.1, -0.05) is 24.6 Å². The minimum absolute atomic E-state index is 0.00129. The Morgan fingerprint density at radius 3 is 2.74 bits per heavy atom. The van der Waals surface area contributed by atoms with Gasteiger partial charge in [-0.05, 0) is 56.6 Å². The minimum atomic E-state index is -0.185. The molecule has 2 unspecified atom stereocenters. The van der Waals surface area contributed by atoms with E-state index in [1.807, 2.05) is 18.2 Å². The lowest BCUT2D eigenvalue weighted by Gasteiger charge is -2.16. The largest absolute Gasteiger partial charge is 0.496 e. The first-order valence-electron chi connectivity index (χ1n) is 10.1. The van der Waals surface area contributed by atoms with Crippen LogP contribution in [0, 0.1) is 0 Å². The van der Waals surface area contributed by atoms with E-state index in [4.69, 9.17) is 10.5 Å². The molecule has 2 aliphatic rings. The van der Waals surface area contributed by atoms with E-state index in [2.05, 4.69) is 6.07 Å². The second-order valence-electron chi connectivity index (χ2n) is 7.58. The van der Waals surface area contributed by atoms with Gasteiger partial charge in [0.25, 0.3) is 5.91 Å². The van der Waals surface area contributed by atoms with Crippen molar-refractivity contribution in [2.45, 2.75) is 63.5 Å². The fraction of sp³-hybridized carbons (Fsp3) is 0.619. The maximum Gasteiger partial charge on any atom is 0.327 e. The predicted octanol–water partition coefficient (Wildman–Crippen LogP) is 2.94. The lowest BCUT2D eigenvalue weighted by atomic mass is 10.0. The normalized spacial score (nSPS) is 20.3. The molecule has 2 N–H and O–H groups in total. The molecule has 0 aliphatic carbocycles. The van der Waals surface area contributed by atoms with Crippen LogP contribution >= 0.6 is 0 Å². The van der Waals surface area contributed by atoms with Crippen LogP contribution in [-0.4, -0.2) is 54.0 Å². The monoisotopic (exact) mass is 373 g/mol. The van der Waals surface area contributed by atoms with Gasteiger partial charge in [-0.2, -0.15) is 0 Å². The number of hydrogen-bond donors (Lipinski definition) is 1. The molecular weight excluding hydrogens is 342 g/mol. The molecule has 0 radical (unpaired) electrons. The number of urea groups is 1. The minimum Gasteiger partial charge on any atom is -0.496 e. The van der Waals surface area contributed by atoms with Crippen LogP contribution in [0.3, 0.4) is 0 Å². The average molecular weight is 373 g/mol. The van der Waals surface area contributed by atoms with E-state index in [0.29, 0.717) is 6.54 Å². The number of ether oxygens (including phenoxy) is 1. The number of hydrogen-bond acceptors (Lipinski definition) is 4. The van der Waals surface area contributed by atoms with Crippen molar-refractivity contribution in [1.29, 1.82) is 0 Å². The van der Waals surface area contributed by atoms with Gasteiger partial charge in [0.2, 0.25) is 0 Å². The summed E-state index contributed by atoms with van der Waals surface area (Å²) in [6, 6.07) is 7.98. The van der Waals surface area contributed by atoms with E-state index in [9.17, 15) is 9.59 Å². The van der Waals surface area contributed by atoms with E-state index in [1.165, 1.54) is 10.5 Å². The van der Waals surface area contributed by atoms with Gasteiger partial charge in [0.15, 0.2) is 0 Å². The molecule has 3 rings (SSSR count). The topological polar surface area (TPSA) is 75.9 Å². The number of carbonyl (C=O) groups is 2. The number of unbranched alkanes of at least 4 members (excludes halogenated alkanes) is 1. The summed E-state index contributed by atoms with van der Waals surface area (Å²) in [5.74, 6) is 0.935. The SMILES string of the molecule is COc1ccccc1CCCC(N)CCCCN1C(=O)C2CCCN2C1=O. The highest BCUT2D eigenvalue weighted by molar-refractivity contribution is 6.04. The molecule has 2 fully saturated rings. The Bertz CT molecular complexity index is 642. The zero-order chi connectivity index (χ0) is 19.2. The summed E-state index contributed by atoms with van der Waals surface area (Å²) in [6.45, 7) is 1.25. The van der Waals surface area contributed by atoms with Crippen LogP contribution in [0.4, 0.5) is 4.79 Å². The smallest absolute Gasteiger partial charge is 0.327 e. The standard InChI is InChI=1S/C21H31N3O3/c1-27-19-13-3-2-8-16(19)9-6-11-17(22)10-4-5-14-24-20(25)18-12-7-15-23(18)21(24)26/h2-3,8,13,17-18H,4-7,9-12,14-15,22H2,1H3. The van der Waals surface area contributed by atoms with Crippen molar-refractivity contribution in [3.63, 3.8) is 0 Å². The molecule has 27 heavy (non-hydrogen) atoms. The fourth-order valence-electron chi connectivity index (χ4n) is 4.17. The highest BCUT2D eigenvalue weighted by Gasteiger charge is 2.46. The number of nitrogens with zero attached hydrogens (tertiary/aromatic N) is 2. The second-order valence-corrected chi connectivity index (χ2v) is 7.58. The van der Waals surface area contributed by atoms with Crippen LogP contribution in [0.5, 0.6) is 5.75 Å². The molecule has 2 saturated heterocycles. The van der Waals surface area contributed by atoms with E-state index in [-0.39, 0.29) is 24.0 Å². The molecule has 1 aromatic carbocycles. The number of amides is 3. The summed E-state index contributed by atoms with van der Waals surface area (Å²) in [7, 11) is 1.70. The lowest BCUT2D eigenvalue weighted by molar-refractivity contribution is -0.128. The molecule has 6 nitrogen and oxygen atoms in total. The Labute approximate surface area is 161 Å². The molecule has 2 atom stereocenters. The Kier molecular flexibility index (Phi) is 6.72. The molecule has 0 bridgehead atoms. The van der Waals surface area contributed by atoms with Crippen LogP contribution in [0.25, 0.3) is 0 Å². The van der Waals surface area contributed by atoms with Crippen molar-refractivity contribution >= 4 is 11.9 Å². The first-order valence-corrected chi connectivity index (χ1v) is 10.1. The number of benzene rings is 1. The number of carbonyl (C=O) groups excluding carboxylic acids is 2. The molecule has 0 spiro atoms. The van der Waals surface area contributed by atoms with Crippen molar-refractivity contribution < 1.29 is 14.3 Å². The third kappa shape index (κ3) is 4.61. The summed E-state index contributed by atoms with van der Waals surface area (Å²) < 4.78 is 5.38. The second kappa shape index (κ2) is 9.22. The van der Waals surface area contributed by atoms with Crippen molar-refractivity contribution in [2.24, 2.45) is 5.73 Å². The predicted molar refractivity (Wildman–Crippen MR) is 105 cm³/mol. The first-order chi connectivity index (χ1) is 13.1. The molecule has 0 saturated carbocycles. The zero-order valence-electron chi connectivity index (χ0n) is 16.2. The number of aryl methyl sites for hydroxylation is 1. The summed E-state index contributed by atoms with van der Waals surface area (Å²) in [4.78, 5) is 27.7. The van der Waals surface area contributed by atoms with Crippen molar-refractivity contribution in [3.8, 4) is 5.75 Å². The van der Waals surface area contributed by atoms with E-state index >= 15 is 0 Å². The van der Waals surface area contributed by atoms with E-state index in [1.54, 1.807) is 12.0 Å². The number of nitrogens with two attached hydrogens (primary N) is 1. The van der Waals surface area contributed by atoms with Gasteiger partial charge in [0.1, 0.15) is 11.8 Å². The summed E-state index contributed by atoms with van der Waals surface area (Å²) >= 11 is 0. The van der Waals surface area contributed by atoms with Gasteiger partial charge in [-0.15, -0.1) is 0 Å². The van der Waals surface area contributed by atoms with Gasteiger partial charge in [-0.25, -0.2) is 4.79 Å². The molecule has 2 heterocycles. The van der Waals surface area contributed by atoms with Gasteiger partial charge >= 0.3 is 6.03 Å². The zero-order valence-corrected chi connectivity index (χ0v) is 16.2. The number of rotatable bonds is 10. The Hall–Kier alpha value is -2.08. The number of para-hydroxylation sites is 1. The third-order valence-electron chi connectivity index (χ3n) is 5.70. The van der Waals surface area contributed by atoms with Crippen LogP contribution in [0.2, 0.25) is 0 Å². The molecular formula is C21H31N3O3. The van der Waals surface area contributed by atoms with Crippen LogP contribution in [-0.2, 0) is 11.2 Å². The van der Waals surface area contributed by atoms with Gasteiger partial charge < -0.3 is 15.4 Å². The highest BCUT2D eigenvalue weighted by Crippen LogP contribution is 2.27. The van der Waals surface area contributed by atoms with Gasteiger partial charge in [0, 0.05) is 19.1 Å². The number of imide groups is 1. The maximum atomic E-state index is 12.3. The van der Waals surface area contributed by atoms with Crippen molar-refractivity contribution in [1.82, 2.24) is 9.80 Å². The Morgan fingerprint density at radius 2 is 1.96 bits per heavy atom. The maximum absolute atomic E-state index is 12.3. The molecule has 1 aromatic rings. The fourth-order valence-corrected chi connectivity index (χ4v) is 4.17. The van der Waals surface area contributed by atoms with Gasteiger partial charge in [-0.3, -0.25) is 9.69 Å². The van der Waals surface area contributed by atoms with E-state index < -0.39 is 0 Å². The van der Waals surface area contributed by atoms with Crippen LogP contribution in [0.15, 0.2) is 24.3 Å². The van der Waals surface area contributed by atoms with Gasteiger partial charge in [0.05, 0.1) is 7.11 Å². The lowest BCUT2D eigenvalue weighted by Crippen LogP contribution is -2.34. The number of fused-ring (bicyclic) bond motifs is 1. The molecule has 3 amide bonds. The third-order valence-corrected chi connectivity index (χ3v) is 5.70. The first kappa shape index (κ1) is 19.7. The molecule has 6 heteroatoms. The molecule has 148 valence electrons. The summed E-state index contributed by atoms with van der Waals surface area (Å²) in [5.41, 5.74) is 7.47. The molecule has 2 aliphatic heterocycles.